The topological polar surface area (TPSA) is 212 Å². The van der Waals surface area contributed by atoms with Gasteiger partial charge in [0.2, 0.25) is 17.6 Å². The number of rotatable bonds is 9. The lowest BCUT2D eigenvalue weighted by Crippen LogP contribution is -2.70. The number of carbonyl (C=O) groups is 3. The highest BCUT2D eigenvalue weighted by molar-refractivity contribution is 6.10. The number of fused-ring (bicyclic) bond motifs is 3. The van der Waals surface area contributed by atoms with E-state index in [9.17, 15) is 24.6 Å². The zero-order valence-electron chi connectivity index (χ0n) is 25.8. The summed E-state index contributed by atoms with van der Waals surface area (Å²) in [5.74, 6) is -0.287. The number of amides is 1. The number of hydrogen-bond acceptors (Lipinski definition) is 14. The first-order chi connectivity index (χ1) is 22.0. The summed E-state index contributed by atoms with van der Waals surface area (Å²) in [5, 5.41) is 30.3. The van der Waals surface area contributed by atoms with Crippen LogP contribution in [0.3, 0.4) is 0 Å². The Balaban J connectivity index is 1.47. The maximum absolute atomic E-state index is 13.1. The molecule has 6 rings (SSSR count). The van der Waals surface area contributed by atoms with Gasteiger partial charge >= 0.3 is 5.97 Å². The number of hydrogen-bond donors (Lipinski definition) is 6. The van der Waals surface area contributed by atoms with Gasteiger partial charge in [-0.15, -0.1) is 0 Å². The summed E-state index contributed by atoms with van der Waals surface area (Å²) in [4.78, 5) is 44.7. The molecular weight excluding hydrogens is 602 g/mol. The smallest absolute Gasteiger partial charge is 0.375 e. The summed E-state index contributed by atoms with van der Waals surface area (Å²) < 4.78 is 25.1. The number of aromatic nitrogens is 2. The lowest BCUT2D eigenvalue weighted by atomic mass is 9.87. The molecule has 2 fully saturated rings. The quantitative estimate of drug-likeness (QED) is 0.143. The van der Waals surface area contributed by atoms with Gasteiger partial charge in [0.15, 0.2) is 6.29 Å². The molecule has 246 valence electrons. The Morgan fingerprint density at radius 2 is 2.11 bits per heavy atom. The van der Waals surface area contributed by atoms with Crippen molar-refractivity contribution in [3.05, 3.63) is 46.5 Å². The third-order valence-corrected chi connectivity index (χ3v) is 8.44. The summed E-state index contributed by atoms with van der Waals surface area (Å²) in [6.07, 6.45) is 3.95. The minimum Gasteiger partial charge on any atom is -0.496 e. The van der Waals surface area contributed by atoms with Crippen LogP contribution in [0.15, 0.2) is 29.8 Å². The molecule has 16 nitrogen and oxygen atoms in total. The van der Waals surface area contributed by atoms with Gasteiger partial charge in [0.25, 0.3) is 0 Å². The molecule has 4 atom stereocenters. The van der Waals surface area contributed by atoms with E-state index < -0.39 is 42.8 Å². The molecule has 0 bridgehead atoms. The van der Waals surface area contributed by atoms with E-state index in [1.807, 2.05) is 4.90 Å². The van der Waals surface area contributed by atoms with Gasteiger partial charge in [-0.05, 0) is 20.8 Å². The standard InChI is InChI=1S/C30H37N7O9/c1-5-44-27(41)24-16(11-38)14(6-8-36-9-7-32-29(36)37-13-33-20-25(37)34-28(31)35-26(20)40)19-22(43-4)15-10-18(30(2,3)42)45-21(15)17(12-39)23(19)46-24/h6-7,9,11,18,20,25,28,33-34,39,42H,5,8,10,12-13,31H2,1-4H3,(H,35,40)/b14-6+/t18-,20+,25-,28-/m0/s1. The molecule has 0 spiro atoms. The molecule has 5 heterocycles. The van der Waals surface area contributed by atoms with Crippen LogP contribution in [0.5, 0.6) is 17.2 Å². The van der Waals surface area contributed by atoms with Crippen LogP contribution in [0.25, 0.3) is 5.57 Å². The molecule has 7 N–H and O–H groups in total. The van der Waals surface area contributed by atoms with Gasteiger partial charge in [-0.3, -0.25) is 26.0 Å². The van der Waals surface area contributed by atoms with Gasteiger partial charge in [0.05, 0.1) is 49.3 Å². The minimum atomic E-state index is -1.24. The number of anilines is 1. The van der Waals surface area contributed by atoms with Crippen molar-refractivity contribution in [1.82, 2.24) is 25.5 Å². The number of methoxy groups -OCH3 is 1. The first-order valence-corrected chi connectivity index (χ1v) is 14.9. The maximum atomic E-state index is 13.1. The molecule has 1 aromatic carbocycles. The Morgan fingerprint density at radius 1 is 1.33 bits per heavy atom. The fraction of sp³-hybridized carbons (Fsp3) is 0.467. The van der Waals surface area contributed by atoms with Crippen molar-refractivity contribution >= 4 is 29.7 Å². The monoisotopic (exact) mass is 639 g/mol. The molecule has 0 radical (unpaired) electrons. The number of nitrogens with one attached hydrogen (secondary N) is 3. The van der Waals surface area contributed by atoms with Crippen LogP contribution in [0, 0.1) is 0 Å². The number of nitrogens with two attached hydrogens (primary N) is 1. The van der Waals surface area contributed by atoms with Crippen molar-refractivity contribution in [3.8, 4) is 17.2 Å². The Labute approximate surface area is 264 Å². The van der Waals surface area contributed by atoms with Crippen molar-refractivity contribution in [3.63, 3.8) is 0 Å². The second-order valence-electron chi connectivity index (χ2n) is 11.7. The van der Waals surface area contributed by atoms with E-state index in [1.54, 1.807) is 43.8 Å². The van der Waals surface area contributed by atoms with Crippen LogP contribution in [-0.2, 0) is 38.7 Å². The van der Waals surface area contributed by atoms with Crippen molar-refractivity contribution in [1.29, 1.82) is 0 Å². The average Bonchev–Trinajstić information content (AvgIpc) is 3.76. The number of aliphatic hydroxyl groups excluding tert-OH is 1. The van der Waals surface area contributed by atoms with Crippen LogP contribution >= 0.6 is 0 Å². The Bertz CT molecular complexity index is 1640. The molecule has 46 heavy (non-hydrogen) atoms. The predicted molar refractivity (Wildman–Crippen MR) is 161 cm³/mol. The van der Waals surface area contributed by atoms with Crippen LogP contribution in [0.2, 0.25) is 0 Å². The molecule has 1 amide bonds. The fourth-order valence-electron chi connectivity index (χ4n) is 6.27. The number of ether oxygens (including phenoxy) is 4. The van der Waals surface area contributed by atoms with Crippen LogP contribution in [0.4, 0.5) is 5.95 Å². The number of imidazole rings is 1. The third-order valence-electron chi connectivity index (χ3n) is 8.44. The van der Waals surface area contributed by atoms with Crippen LogP contribution in [0.1, 0.15) is 37.5 Å². The van der Waals surface area contributed by atoms with Gasteiger partial charge in [0, 0.05) is 36.5 Å². The number of nitrogens with zero attached hydrogens (tertiary/aromatic N) is 3. The lowest BCUT2D eigenvalue weighted by molar-refractivity contribution is -0.141. The maximum Gasteiger partial charge on any atom is 0.375 e. The number of carbonyl (C=O) groups excluding carboxylic acids is 3. The normalized spacial score (nSPS) is 24.5. The van der Waals surface area contributed by atoms with Crippen LogP contribution in [-0.4, -0.2) is 88.5 Å². The van der Waals surface area contributed by atoms with Gasteiger partial charge in [0.1, 0.15) is 41.8 Å². The highest BCUT2D eigenvalue weighted by Gasteiger charge is 2.45. The summed E-state index contributed by atoms with van der Waals surface area (Å²) in [7, 11) is 1.46. The van der Waals surface area contributed by atoms with Crippen molar-refractivity contribution in [2.45, 2.75) is 70.5 Å². The highest BCUT2D eigenvalue weighted by atomic mass is 16.6. The van der Waals surface area contributed by atoms with Crippen molar-refractivity contribution < 1.29 is 43.5 Å². The molecule has 2 saturated heterocycles. The number of allylic oxidation sites excluding steroid dienone is 3. The van der Waals surface area contributed by atoms with Gasteiger partial charge in [-0.25, -0.2) is 9.78 Å². The Morgan fingerprint density at radius 3 is 2.78 bits per heavy atom. The second kappa shape index (κ2) is 12.0. The third kappa shape index (κ3) is 5.17. The number of benzene rings is 1. The molecule has 0 aliphatic carbocycles. The lowest BCUT2D eigenvalue weighted by Gasteiger charge is -2.35. The average molecular weight is 640 g/mol. The SMILES string of the molecule is CCOC(=O)C1=C(C=O)/C(=C\Cn2ccnc2N2CN[C@H]3C(=O)N[C@@H](N)N[C@H]32)c2c(OC)c3c(c(CO)c2O1)O[C@H](C(C)(C)O)C3. The molecule has 0 unspecified atom stereocenters. The van der Waals surface area contributed by atoms with E-state index >= 15 is 0 Å². The summed E-state index contributed by atoms with van der Waals surface area (Å²) in [5.41, 5.74) is 6.10. The molecular formula is C30H37N7O9. The summed E-state index contributed by atoms with van der Waals surface area (Å²) in [6.45, 7) is 4.81. The number of aldehydes is 1. The van der Waals surface area contributed by atoms with E-state index in [2.05, 4.69) is 20.9 Å². The zero-order valence-corrected chi connectivity index (χ0v) is 25.8. The largest absolute Gasteiger partial charge is 0.496 e. The predicted octanol–water partition coefficient (Wildman–Crippen LogP) is -1.03. The van der Waals surface area contributed by atoms with E-state index in [0.717, 1.165) is 0 Å². The van der Waals surface area contributed by atoms with Gasteiger partial charge in [-0.1, -0.05) is 6.08 Å². The second-order valence-corrected chi connectivity index (χ2v) is 11.7. The molecule has 4 aliphatic rings. The molecule has 0 saturated carbocycles. The molecule has 4 aliphatic heterocycles. The Hall–Kier alpha value is -4.48. The first-order valence-electron chi connectivity index (χ1n) is 14.9. The minimum absolute atomic E-state index is 0.0284. The summed E-state index contributed by atoms with van der Waals surface area (Å²) in [6, 6.07) is -0.555. The van der Waals surface area contributed by atoms with Crippen LogP contribution < -0.4 is 40.8 Å². The van der Waals surface area contributed by atoms with Gasteiger partial charge in [-0.2, -0.15) is 0 Å². The fourth-order valence-corrected chi connectivity index (χ4v) is 6.27. The first kappa shape index (κ1) is 31.5. The van der Waals surface area contributed by atoms with Crippen molar-refractivity contribution in [2.24, 2.45) is 5.73 Å². The van der Waals surface area contributed by atoms with E-state index in [4.69, 9.17) is 24.7 Å². The molecule has 1 aromatic heterocycles. The van der Waals surface area contributed by atoms with E-state index in [0.29, 0.717) is 41.4 Å². The number of aliphatic hydroxyl groups is 2. The van der Waals surface area contributed by atoms with E-state index in [1.165, 1.54) is 7.11 Å². The highest BCUT2D eigenvalue weighted by Crippen LogP contribution is 2.54. The van der Waals surface area contributed by atoms with Crippen molar-refractivity contribution in [2.75, 3.05) is 25.3 Å². The Kier molecular flexibility index (Phi) is 8.24. The molecule has 16 heteroatoms. The van der Waals surface area contributed by atoms with Gasteiger partial charge < -0.3 is 43.9 Å². The molecule has 2 aromatic rings. The zero-order chi connectivity index (χ0) is 32.9. The summed E-state index contributed by atoms with van der Waals surface area (Å²) >= 11 is 0. The number of esters is 1. The van der Waals surface area contributed by atoms with E-state index in [-0.39, 0.29) is 53.9 Å².